The number of rotatable bonds is 5. The summed E-state index contributed by atoms with van der Waals surface area (Å²) in [5.74, 6) is 1.70. The summed E-state index contributed by atoms with van der Waals surface area (Å²) in [5.41, 5.74) is 1.96. The van der Waals surface area contributed by atoms with Crippen LogP contribution in [0, 0.1) is 0 Å². The average Bonchev–Trinajstić information content (AvgIpc) is 2.47. The molecule has 1 N–H and O–H groups in total. The topological polar surface area (TPSA) is 30.5 Å². The van der Waals surface area contributed by atoms with Crippen molar-refractivity contribution in [3.05, 3.63) is 54.1 Å². The lowest BCUT2D eigenvalue weighted by molar-refractivity contribution is 0.413. The Bertz CT molecular complexity index is 561. The van der Waals surface area contributed by atoms with Crippen LogP contribution in [0.25, 0.3) is 0 Å². The van der Waals surface area contributed by atoms with E-state index in [1.165, 1.54) is 5.56 Å². The van der Waals surface area contributed by atoms with E-state index in [0.29, 0.717) is 0 Å². The lowest BCUT2D eigenvalue weighted by Crippen LogP contribution is -2.28. The summed E-state index contributed by atoms with van der Waals surface area (Å²) in [6.07, 6.45) is 0. The van der Waals surface area contributed by atoms with Gasteiger partial charge in [-0.05, 0) is 43.7 Å². The molecule has 0 aromatic heterocycles. The lowest BCUT2D eigenvalue weighted by atomic mass is 9.93. The van der Waals surface area contributed by atoms with Crippen LogP contribution in [-0.2, 0) is 5.54 Å². The summed E-state index contributed by atoms with van der Waals surface area (Å²) in [6.45, 7) is 4.28. The highest BCUT2D eigenvalue weighted by Gasteiger charge is 2.21. The standard InChI is InChI=1S/C17H21NO2/c1-17(2,13-9-11-14(19-3)12-10-13)18-15-7-5-6-8-16(15)20-4/h5-12,18H,1-4H3. The van der Waals surface area contributed by atoms with Gasteiger partial charge >= 0.3 is 0 Å². The quantitative estimate of drug-likeness (QED) is 0.890. The molecule has 0 fully saturated rings. The van der Waals surface area contributed by atoms with Crippen molar-refractivity contribution in [3.63, 3.8) is 0 Å². The van der Waals surface area contributed by atoms with Crippen LogP contribution in [0.1, 0.15) is 19.4 Å². The van der Waals surface area contributed by atoms with Gasteiger partial charge in [0.1, 0.15) is 11.5 Å². The van der Waals surface area contributed by atoms with E-state index in [-0.39, 0.29) is 5.54 Å². The fraction of sp³-hybridized carbons (Fsp3) is 0.294. The van der Waals surface area contributed by atoms with E-state index in [1.807, 2.05) is 36.4 Å². The van der Waals surface area contributed by atoms with Crippen molar-refractivity contribution < 1.29 is 9.47 Å². The average molecular weight is 271 g/mol. The second-order valence-corrected chi connectivity index (χ2v) is 5.18. The van der Waals surface area contributed by atoms with E-state index in [1.54, 1.807) is 14.2 Å². The van der Waals surface area contributed by atoms with Crippen LogP contribution >= 0.6 is 0 Å². The highest BCUT2D eigenvalue weighted by atomic mass is 16.5. The number of ether oxygens (including phenoxy) is 2. The van der Waals surface area contributed by atoms with Gasteiger partial charge < -0.3 is 14.8 Å². The molecule has 3 heteroatoms. The number of hydrogen-bond acceptors (Lipinski definition) is 3. The molecule has 0 heterocycles. The van der Waals surface area contributed by atoms with Crippen molar-refractivity contribution in [1.29, 1.82) is 0 Å². The normalized spacial score (nSPS) is 11.0. The maximum Gasteiger partial charge on any atom is 0.141 e. The lowest BCUT2D eigenvalue weighted by Gasteiger charge is -2.29. The maximum absolute atomic E-state index is 5.38. The summed E-state index contributed by atoms with van der Waals surface area (Å²) in [6, 6.07) is 16.0. The van der Waals surface area contributed by atoms with Crippen molar-refractivity contribution in [2.75, 3.05) is 19.5 Å². The van der Waals surface area contributed by atoms with Gasteiger partial charge in [-0.3, -0.25) is 0 Å². The zero-order valence-electron chi connectivity index (χ0n) is 12.4. The van der Waals surface area contributed by atoms with E-state index in [2.05, 4.69) is 31.3 Å². The third-order valence-electron chi connectivity index (χ3n) is 3.37. The first kappa shape index (κ1) is 14.3. The third kappa shape index (κ3) is 3.05. The molecule has 3 nitrogen and oxygen atoms in total. The van der Waals surface area contributed by atoms with Crippen molar-refractivity contribution in [1.82, 2.24) is 0 Å². The third-order valence-corrected chi connectivity index (χ3v) is 3.37. The molecule has 106 valence electrons. The highest BCUT2D eigenvalue weighted by Crippen LogP contribution is 2.31. The monoisotopic (exact) mass is 271 g/mol. The molecule has 0 unspecified atom stereocenters. The van der Waals surface area contributed by atoms with Crippen molar-refractivity contribution in [3.8, 4) is 11.5 Å². The number of hydrogen-bond donors (Lipinski definition) is 1. The zero-order valence-corrected chi connectivity index (χ0v) is 12.4. The zero-order chi connectivity index (χ0) is 14.6. The van der Waals surface area contributed by atoms with Crippen LogP contribution in [0.2, 0.25) is 0 Å². The molecule has 2 rings (SSSR count). The van der Waals surface area contributed by atoms with E-state index in [0.717, 1.165) is 17.2 Å². The van der Waals surface area contributed by atoms with Gasteiger partial charge in [0.2, 0.25) is 0 Å². The summed E-state index contributed by atoms with van der Waals surface area (Å²) in [5, 5.41) is 3.53. The molecule has 20 heavy (non-hydrogen) atoms. The molecule has 0 saturated heterocycles. The molecule has 0 radical (unpaired) electrons. The Morgan fingerprint density at radius 2 is 1.50 bits per heavy atom. The minimum absolute atomic E-state index is 0.207. The molecule has 0 spiro atoms. The Balaban J connectivity index is 2.25. The van der Waals surface area contributed by atoms with Crippen molar-refractivity contribution in [2.24, 2.45) is 0 Å². The SMILES string of the molecule is COc1ccc(C(C)(C)Nc2ccccc2OC)cc1. The molecule has 0 aliphatic heterocycles. The van der Waals surface area contributed by atoms with Gasteiger partial charge in [-0.2, -0.15) is 0 Å². The smallest absolute Gasteiger partial charge is 0.141 e. The number of para-hydroxylation sites is 2. The minimum Gasteiger partial charge on any atom is -0.497 e. The molecule has 2 aromatic rings. The predicted octanol–water partition coefficient (Wildman–Crippen LogP) is 4.05. The van der Waals surface area contributed by atoms with E-state index in [4.69, 9.17) is 9.47 Å². The summed E-state index contributed by atoms with van der Waals surface area (Å²) < 4.78 is 10.6. The first-order valence-corrected chi connectivity index (χ1v) is 6.62. The molecular formula is C17H21NO2. The Labute approximate surface area is 120 Å². The van der Waals surface area contributed by atoms with Crippen LogP contribution < -0.4 is 14.8 Å². The molecule has 0 bridgehead atoms. The summed E-state index contributed by atoms with van der Waals surface area (Å²) in [7, 11) is 3.36. The fourth-order valence-electron chi connectivity index (χ4n) is 2.16. The van der Waals surface area contributed by atoms with Gasteiger partial charge in [0.15, 0.2) is 0 Å². The summed E-state index contributed by atoms with van der Waals surface area (Å²) in [4.78, 5) is 0. The first-order valence-electron chi connectivity index (χ1n) is 6.62. The molecule has 0 atom stereocenters. The van der Waals surface area contributed by atoms with Crippen LogP contribution in [0.3, 0.4) is 0 Å². The summed E-state index contributed by atoms with van der Waals surface area (Å²) >= 11 is 0. The highest BCUT2D eigenvalue weighted by molar-refractivity contribution is 5.58. The van der Waals surface area contributed by atoms with Gasteiger partial charge in [-0.25, -0.2) is 0 Å². The first-order chi connectivity index (χ1) is 9.56. The minimum atomic E-state index is -0.207. The number of methoxy groups -OCH3 is 2. The molecular weight excluding hydrogens is 250 g/mol. The van der Waals surface area contributed by atoms with E-state index in [9.17, 15) is 0 Å². The van der Waals surface area contributed by atoms with Crippen LogP contribution in [0.15, 0.2) is 48.5 Å². The van der Waals surface area contributed by atoms with Gasteiger partial charge in [0.05, 0.1) is 25.4 Å². The Morgan fingerprint density at radius 1 is 0.850 bits per heavy atom. The van der Waals surface area contributed by atoms with Crippen LogP contribution in [0.5, 0.6) is 11.5 Å². The largest absolute Gasteiger partial charge is 0.497 e. The van der Waals surface area contributed by atoms with Gasteiger partial charge in [-0.15, -0.1) is 0 Å². The fourth-order valence-corrected chi connectivity index (χ4v) is 2.16. The van der Waals surface area contributed by atoms with Crippen molar-refractivity contribution in [2.45, 2.75) is 19.4 Å². The van der Waals surface area contributed by atoms with E-state index < -0.39 is 0 Å². The van der Waals surface area contributed by atoms with Crippen LogP contribution in [0.4, 0.5) is 5.69 Å². The second kappa shape index (κ2) is 5.87. The molecule has 0 amide bonds. The van der Waals surface area contributed by atoms with E-state index >= 15 is 0 Å². The molecule has 0 aliphatic rings. The van der Waals surface area contributed by atoms with Gasteiger partial charge in [0, 0.05) is 0 Å². The maximum atomic E-state index is 5.38. The van der Waals surface area contributed by atoms with Crippen LogP contribution in [-0.4, -0.2) is 14.2 Å². The van der Waals surface area contributed by atoms with Gasteiger partial charge in [-0.1, -0.05) is 24.3 Å². The number of nitrogens with one attached hydrogen (secondary N) is 1. The second-order valence-electron chi connectivity index (χ2n) is 5.18. The Morgan fingerprint density at radius 3 is 2.10 bits per heavy atom. The molecule has 0 aliphatic carbocycles. The molecule has 0 saturated carbocycles. The predicted molar refractivity (Wildman–Crippen MR) is 82.6 cm³/mol. The van der Waals surface area contributed by atoms with Crippen molar-refractivity contribution >= 4 is 5.69 Å². The Kier molecular flexibility index (Phi) is 4.18. The Hall–Kier alpha value is -2.16. The molecule has 2 aromatic carbocycles. The van der Waals surface area contributed by atoms with Gasteiger partial charge in [0.25, 0.3) is 0 Å². The number of benzene rings is 2. The number of anilines is 1.